The molecule has 0 amide bonds. The van der Waals surface area contributed by atoms with Crippen LogP contribution < -0.4 is 0 Å². The van der Waals surface area contributed by atoms with Crippen molar-refractivity contribution in [3.63, 3.8) is 0 Å². The van der Waals surface area contributed by atoms with Gasteiger partial charge in [-0.05, 0) is 24.7 Å². The third kappa shape index (κ3) is 3.21. The number of halogens is 4. The maximum absolute atomic E-state index is 12.7. The van der Waals surface area contributed by atoms with E-state index >= 15 is 0 Å². The number of thiazole rings is 1. The SMILES string of the molecule is CC1CCC(C(C)(C)c2cnc(C(F)(F)F)s2)C(Br)C1. The summed E-state index contributed by atoms with van der Waals surface area (Å²) in [4.78, 5) is 4.66. The van der Waals surface area contributed by atoms with Crippen LogP contribution in [0.3, 0.4) is 0 Å². The van der Waals surface area contributed by atoms with E-state index in [2.05, 4.69) is 27.8 Å². The summed E-state index contributed by atoms with van der Waals surface area (Å²) in [6, 6.07) is 0. The predicted molar refractivity (Wildman–Crippen MR) is 79.4 cm³/mol. The highest BCUT2D eigenvalue weighted by molar-refractivity contribution is 9.09. The first kappa shape index (κ1) is 16.3. The Kier molecular flexibility index (Phi) is 4.55. The van der Waals surface area contributed by atoms with Crippen molar-refractivity contribution < 1.29 is 13.2 Å². The van der Waals surface area contributed by atoms with E-state index in [0.717, 1.165) is 35.5 Å². The molecular formula is C14H19BrF3NS. The molecule has 1 nitrogen and oxygen atoms in total. The molecule has 1 aromatic heterocycles. The normalized spacial score (nSPS) is 28.6. The molecule has 2 rings (SSSR count). The first-order valence-corrected chi connectivity index (χ1v) is 8.53. The Morgan fingerprint density at radius 3 is 2.45 bits per heavy atom. The van der Waals surface area contributed by atoms with Crippen molar-refractivity contribution in [2.24, 2.45) is 11.8 Å². The lowest BCUT2D eigenvalue weighted by atomic mass is 9.68. The van der Waals surface area contributed by atoms with Gasteiger partial charge in [-0.15, -0.1) is 11.3 Å². The zero-order valence-corrected chi connectivity index (χ0v) is 14.2. The molecule has 0 bridgehead atoms. The topological polar surface area (TPSA) is 12.9 Å². The van der Waals surface area contributed by atoms with Gasteiger partial charge in [0.2, 0.25) is 0 Å². The molecule has 1 aliphatic rings. The number of nitrogens with zero attached hydrogens (tertiary/aromatic N) is 1. The van der Waals surface area contributed by atoms with Crippen molar-refractivity contribution in [3.8, 4) is 0 Å². The van der Waals surface area contributed by atoms with E-state index in [9.17, 15) is 13.2 Å². The quantitative estimate of drug-likeness (QED) is 0.614. The van der Waals surface area contributed by atoms with Crippen LogP contribution in [0, 0.1) is 11.8 Å². The van der Waals surface area contributed by atoms with Crippen LogP contribution in [-0.2, 0) is 11.6 Å². The zero-order valence-electron chi connectivity index (χ0n) is 11.8. The maximum atomic E-state index is 12.7. The van der Waals surface area contributed by atoms with Gasteiger partial charge < -0.3 is 0 Å². The molecule has 0 radical (unpaired) electrons. The number of hydrogen-bond acceptors (Lipinski definition) is 2. The van der Waals surface area contributed by atoms with Crippen LogP contribution in [0.15, 0.2) is 6.20 Å². The number of hydrogen-bond donors (Lipinski definition) is 0. The Morgan fingerprint density at radius 2 is 1.95 bits per heavy atom. The van der Waals surface area contributed by atoms with Crippen molar-refractivity contribution in [2.75, 3.05) is 0 Å². The van der Waals surface area contributed by atoms with Gasteiger partial charge in [0, 0.05) is 21.3 Å². The molecule has 6 heteroatoms. The molecule has 3 unspecified atom stereocenters. The van der Waals surface area contributed by atoms with Crippen LogP contribution >= 0.6 is 27.3 Å². The molecular weight excluding hydrogens is 351 g/mol. The van der Waals surface area contributed by atoms with Crippen LogP contribution in [0.4, 0.5) is 13.2 Å². The van der Waals surface area contributed by atoms with Crippen molar-refractivity contribution in [3.05, 3.63) is 16.1 Å². The van der Waals surface area contributed by atoms with Crippen LogP contribution in [0.2, 0.25) is 0 Å². The van der Waals surface area contributed by atoms with Crippen LogP contribution in [-0.4, -0.2) is 9.81 Å². The Hall–Kier alpha value is -0.100. The fourth-order valence-electron chi connectivity index (χ4n) is 3.01. The van der Waals surface area contributed by atoms with E-state index < -0.39 is 11.2 Å². The lowest BCUT2D eigenvalue weighted by Crippen LogP contribution is -2.38. The summed E-state index contributed by atoms with van der Waals surface area (Å²) < 4.78 is 38.1. The summed E-state index contributed by atoms with van der Waals surface area (Å²) in [5, 5.41) is -0.740. The van der Waals surface area contributed by atoms with E-state index in [1.165, 1.54) is 6.20 Å². The van der Waals surface area contributed by atoms with Crippen molar-refractivity contribution in [1.29, 1.82) is 0 Å². The predicted octanol–water partition coefficient (Wildman–Crippen LogP) is 5.64. The first-order valence-electron chi connectivity index (χ1n) is 6.80. The van der Waals surface area contributed by atoms with Gasteiger partial charge >= 0.3 is 6.18 Å². The molecule has 20 heavy (non-hydrogen) atoms. The van der Waals surface area contributed by atoms with Crippen LogP contribution in [0.5, 0.6) is 0 Å². The summed E-state index contributed by atoms with van der Waals surface area (Å²) >= 11 is 4.52. The summed E-state index contributed by atoms with van der Waals surface area (Å²) in [7, 11) is 0. The summed E-state index contributed by atoms with van der Waals surface area (Å²) in [6.45, 7) is 6.30. The van der Waals surface area contributed by atoms with Crippen LogP contribution in [0.1, 0.15) is 49.9 Å². The Morgan fingerprint density at radius 1 is 1.30 bits per heavy atom. The second-order valence-electron chi connectivity index (χ2n) is 6.29. The van der Waals surface area contributed by atoms with Gasteiger partial charge in [-0.1, -0.05) is 43.1 Å². The maximum Gasteiger partial charge on any atom is 0.443 e. The zero-order chi connectivity index (χ0) is 15.1. The van der Waals surface area contributed by atoms with Crippen molar-refractivity contribution in [1.82, 2.24) is 4.98 Å². The minimum atomic E-state index is -4.34. The molecule has 0 saturated heterocycles. The second-order valence-corrected chi connectivity index (χ2v) is 8.50. The third-order valence-electron chi connectivity index (χ3n) is 4.34. The Bertz CT molecular complexity index is 469. The van der Waals surface area contributed by atoms with Crippen molar-refractivity contribution in [2.45, 2.75) is 56.5 Å². The minimum absolute atomic E-state index is 0.282. The largest absolute Gasteiger partial charge is 0.443 e. The molecule has 0 aliphatic heterocycles. The summed E-state index contributed by atoms with van der Waals surface area (Å²) in [5.41, 5.74) is -0.282. The third-order valence-corrected chi connectivity index (χ3v) is 6.74. The molecule has 1 aliphatic carbocycles. The molecule has 0 N–H and O–H groups in total. The number of rotatable bonds is 2. The summed E-state index contributed by atoms with van der Waals surface area (Å²) in [6.07, 6.45) is 0.336. The van der Waals surface area contributed by atoms with Gasteiger partial charge in [0.05, 0.1) is 0 Å². The van der Waals surface area contributed by atoms with Gasteiger partial charge in [0.1, 0.15) is 0 Å². The van der Waals surface area contributed by atoms with Crippen LogP contribution in [0.25, 0.3) is 0 Å². The Labute approximate surface area is 130 Å². The minimum Gasteiger partial charge on any atom is -0.240 e. The van der Waals surface area contributed by atoms with E-state index in [1.54, 1.807) is 0 Å². The molecule has 1 saturated carbocycles. The molecule has 1 aromatic rings. The Balaban J connectivity index is 2.23. The lowest BCUT2D eigenvalue weighted by Gasteiger charge is -2.41. The smallest absolute Gasteiger partial charge is 0.240 e. The summed E-state index contributed by atoms with van der Waals surface area (Å²) in [5.74, 6) is 1.03. The number of aromatic nitrogens is 1. The highest BCUT2D eigenvalue weighted by atomic mass is 79.9. The van der Waals surface area contributed by atoms with Gasteiger partial charge in [-0.25, -0.2) is 4.98 Å². The van der Waals surface area contributed by atoms with E-state index in [1.807, 2.05) is 13.8 Å². The van der Waals surface area contributed by atoms with E-state index in [4.69, 9.17) is 0 Å². The standard InChI is InChI=1S/C14H19BrF3NS/c1-8-4-5-9(10(15)6-8)13(2,3)11-7-19-12(20-11)14(16,17)18/h7-10H,4-6H2,1-3H3. The highest BCUT2D eigenvalue weighted by Gasteiger charge is 2.42. The second kappa shape index (κ2) is 5.59. The molecule has 3 atom stereocenters. The first-order chi connectivity index (χ1) is 9.12. The number of alkyl halides is 4. The molecule has 1 heterocycles. The van der Waals surface area contributed by atoms with Crippen molar-refractivity contribution >= 4 is 27.3 Å². The van der Waals surface area contributed by atoms with Gasteiger partial charge in [-0.2, -0.15) is 13.2 Å². The molecule has 0 aromatic carbocycles. The highest BCUT2D eigenvalue weighted by Crippen LogP contribution is 2.47. The monoisotopic (exact) mass is 369 g/mol. The van der Waals surface area contributed by atoms with E-state index in [-0.39, 0.29) is 5.41 Å². The lowest BCUT2D eigenvalue weighted by molar-refractivity contribution is -0.137. The van der Waals surface area contributed by atoms with E-state index in [0.29, 0.717) is 16.7 Å². The van der Waals surface area contributed by atoms with Gasteiger partial charge in [0.15, 0.2) is 5.01 Å². The van der Waals surface area contributed by atoms with Gasteiger partial charge in [-0.3, -0.25) is 0 Å². The fourth-order valence-corrected chi connectivity index (χ4v) is 5.52. The average Bonchev–Trinajstić information content (AvgIpc) is 2.77. The fraction of sp³-hybridized carbons (Fsp3) is 0.786. The average molecular weight is 370 g/mol. The molecule has 114 valence electrons. The molecule has 1 fully saturated rings. The molecule has 0 spiro atoms. The van der Waals surface area contributed by atoms with Gasteiger partial charge in [0.25, 0.3) is 0 Å².